The molecule has 21 heavy (non-hydrogen) atoms. The van der Waals surface area contributed by atoms with Gasteiger partial charge < -0.3 is 5.32 Å². The lowest BCUT2D eigenvalue weighted by molar-refractivity contribution is 0.424. The number of benzene rings is 2. The van der Waals surface area contributed by atoms with Crippen molar-refractivity contribution < 1.29 is 0 Å². The molecule has 0 spiro atoms. The van der Waals surface area contributed by atoms with Crippen molar-refractivity contribution in [3.8, 4) is 0 Å². The van der Waals surface area contributed by atoms with Gasteiger partial charge in [0.1, 0.15) is 0 Å². The molecule has 0 fully saturated rings. The van der Waals surface area contributed by atoms with Crippen LogP contribution < -0.4 is 5.32 Å². The van der Waals surface area contributed by atoms with Gasteiger partial charge in [0.15, 0.2) is 0 Å². The van der Waals surface area contributed by atoms with E-state index in [2.05, 4.69) is 69.4 Å². The highest BCUT2D eigenvalue weighted by molar-refractivity contribution is 5.37. The van der Waals surface area contributed by atoms with Gasteiger partial charge >= 0.3 is 0 Å². The Kier molecular flexibility index (Phi) is 2.88. The summed E-state index contributed by atoms with van der Waals surface area (Å²) >= 11 is 0. The zero-order valence-corrected chi connectivity index (χ0v) is 11.4. The summed E-state index contributed by atoms with van der Waals surface area (Å²) in [5.74, 6) is 0.726. The Bertz CT molecular complexity index is 723. The maximum atomic E-state index is 4.14. The molecular formula is C16H15N5. The lowest BCUT2D eigenvalue weighted by Crippen LogP contribution is -2.28. The molecule has 0 bridgehead atoms. The fourth-order valence-electron chi connectivity index (χ4n) is 2.89. The summed E-state index contributed by atoms with van der Waals surface area (Å²) in [4.78, 5) is 0. The summed E-state index contributed by atoms with van der Waals surface area (Å²) in [7, 11) is 0. The Morgan fingerprint density at radius 2 is 1.57 bits per heavy atom. The van der Waals surface area contributed by atoms with Crippen molar-refractivity contribution in [2.45, 2.75) is 18.5 Å². The third-order valence-corrected chi connectivity index (χ3v) is 3.94. The van der Waals surface area contributed by atoms with Gasteiger partial charge in [-0.25, -0.2) is 4.68 Å². The summed E-state index contributed by atoms with van der Waals surface area (Å²) in [5.41, 5.74) is 2.49. The number of hydrogen-bond donors (Lipinski definition) is 1. The number of hydrogen-bond acceptors (Lipinski definition) is 4. The summed E-state index contributed by atoms with van der Waals surface area (Å²) in [6.45, 7) is 0. The molecule has 5 heteroatoms. The van der Waals surface area contributed by atoms with E-state index < -0.39 is 0 Å². The van der Waals surface area contributed by atoms with Crippen LogP contribution in [0.1, 0.15) is 29.6 Å². The molecule has 1 N–H and O–H groups in total. The Labute approximate surface area is 122 Å². The number of aromatic nitrogens is 4. The Hall–Kier alpha value is -2.69. The van der Waals surface area contributed by atoms with E-state index in [-0.39, 0.29) is 12.1 Å². The van der Waals surface area contributed by atoms with Crippen molar-refractivity contribution >= 4 is 5.95 Å². The molecule has 0 unspecified atom stereocenters. The van der Waals surface area contributed by atoms with Crippen molar-refractivity contribution in [1.29, 1.82) is 0 Å². The van der Waals surface area contributed by atoms with Gasteiger partial charge in [-0.05, 0) is 28.0 Å². The van der Waals surface area contributed by atoms with Crippen LogP contribution in [0.3, 0.4) is 0 Å². The average molecular weight is 277 g/mol. The Balaban J connectivity index is 1.74. The summed E-state index contributed by atoms with van der Waals surface area (Å²) in [6.07, 6.45) is 0.923. The molecule has 0 saturated heterocycles. The molecule has 104 valence electrons. The van der Waals surface area contributed by atoms with Crippen LogP contribution in [-0.4, -0.2) is 20.2 Å². The molecule has 3 aromatic rings. The van der Waals surface area contributed by atoms with Crippen molar-refractivity contribution in [2.24, 2.45) is 0 Å². The molecule has 0 amide bonds. The van der Waals surface area contributed by atoms with E-state index >= 15 is 0 Å². The van der Waals surface area contributed by atoms with Crippen LogP contribution in [0, 0.1) is 0 Å². The smallest absolute Gasteiger partial charge is 0.243 e. The predicted octanol–water partition coefficient (Wildman–Crippen LogP) is 2.82. The lowest BCUT2D eigenvalue weighted by Gasteiger charge is -2.31. The minimum absolute atomic E-state index is 0.155. The van der Waals surface area contributed by atoms with Crippen LogP contribution >= 0.6 is 0 Å². The van der Waals surface area contributed by atoms with E-state index in [0.717, 1.165) is 12.4 Å². The second-order valence-electron chi connectivity index (χ2n) is 5.22. The molecule has 1 aromatic heterocycles. The molecule has 1 aliphatic heterocycles. The molecule has 2 aromatic carbocycles. The van der Waals surface area contributed by atoms with Gasteiger partial charge in [-0.1, -0.05) is 65.8 Å². The van der Waals surface area contributed by atoms with Gasteiger partial charge in [0.2, 0.25) is 5.95 Å². The monoisotopic (exact) mass is 277 g/mol. The third-order valence-electron chi connectivity index (χ3n) is 3.94. The predicted molar refractivity (Wildman–Crippen MR) is 79.8 cm³/mol. The van der Waals surface area contributed by atoms with E-state index in [0.29, 0.717) is 0 Å². The second kappa shape index (κ2) is 5.01. The Morgan fingerprint density at radius 3 is 2.29 bits per heavy atom. The summed E-state index contributed by atoms with van der Waals surface area (Å²) in [5, 5.41) is 15.5. The molecule has 5 nitrogen and oxygen atoms in total. The standard InChI is InChI=1S/C16H15N5/c1-3-7-12(8-4-1)14-11-15(13-9-5-2-6-10-13)21-16(17-14)18-19-20-21/h1-10,14-15H,11H2,(H,17,18,20)/t14-,15-/m1/s1. The van der Waals surface area contributed by atoms with Gasteiger partial charge in [-0.15, -0.1) is 0 Å². The van der Waals surface area contributed by atoms with E-state index in [9.17, 15) is 0 Å². The molecule has 2 heterocycles. The van der Waals surface area contributed by atoms with Crippen LogP contribution in [0.4, 0.5) is 5.95 Å². The van der Waals surface area contributed by atoms with Crippen LogP contribution in [-0.2, 0) is 0 Å². The molecule has 1 aliphatic rings. The molecule has 0 saturated carbocycles. The zero-order chi connectivity index (χ0) is 14.1. The molecule has 2 atom stereocenters. The van der Waals surface area contributed by atoms with Gasteiger partial charge in [-0.2, -0.15) is 0 Å². The summed E-state index contributed by atoms with van der Waals surface area (Å²) < 4.78 is 1.87. The number of nitrogens with zero attached hydrogens (tertiary/aromatic N) is 4. The minimum atomic E-state index is 0.155. The van der Waals surface area contributed by atoms with Gasteiger partial charge in [0.05, 0.1) is 12.1 Å². The maximum Gasteiger partial charge on any atom is 0.243 e. The first-order valence-electron chi connectivity index (χ1n) is 7.06. The SMILES string of the molecule is c1ccc([C@H]2C[C@H](c3ccccc3)Nc3nnnn32)cc1. The van der Waals surface area contributed by atoms with E-state index in [4.69, 9.17) is 0 Å². The highest BCUT2D eigenvalue weighted by atomic mass is 15.6. The number of rotatable bonds is 2. The second-order valence-corrected chi connectivity index (χ2v) is 5.22. The number of fused-ring (bicyclic) bond motifs is 1. The first-order valence-corrected chi connectivity index (χ1v) is 7.06. The van der Waals surface area contributed by atoms with Gasteiger partial charge in [0.25, 0.3) is 0 Å². The lowest BCUT2D eigenvalue weighted by atomic mass is 9.93. The van der Waals surface area contributed by atoms with Crippen LogP contribution in [0.5, 0.6) is 0 Å². The first-order chi connectivity index (χ1) is 10.4. The highest BCUT2D eigenvalue weighted by Gasteiger charge is 2.30. The normalized spacial score (nSPS) is 20.6. The topological polar surface area (TPSA) is 55.6 Å². The van der Waals surface area contributed by atoms with Crippen LogP contribution in [0.25, 0.3) is 0 Å². The summed E-state index contributed by atoms with van der Waals surface area (Å²) in [6, 6.07) is 21.2. The molecule has 4 rings (SSSR count). The van der Waals surface area contributed by atoms with Crippen molar-refractivity contribution in [1.82, 2.24) is 20.2 Å². The number of nitrogens with one attached hydrogen (secondary N) is 1. The van der Waals surface area contributed by atoms with Crippen molar-refractivity contribution in [3.63, 3.8) is 0 Å². The zero-order valence-electron chi connectivity index (χ0n) is 11.4. The number of anilines is 1. The highest BCUT2D eigenvalue weighted by Crippen LogP contribution is 2.36. The third kappa shape index (κ3) is 2.16. The number of tetrazole rings is 1. The van der Waals surface area contributed by atoms with E-state index in [1.165, 1.54) is 11.1 Å². The average Bonchev–Trinajstić information content (AvgIpc) is 3.04. The first kappa shape index (κ1) is 12.1. The molecular weight excluding hydrogens is 262 g/mol. The van der Waals surface area contributed by atoms with E-state index in [1.807, 2.05) is 16.8 Å². The minimum Gasteiger partial charge on any atom is -0.346 e. The van der Waals surface area contributed by atoms with Crippen molar-refractivity contribution in [3.05, 3.63) is 71.8 Å². The fraction of sp³-hybridized carbons (Fsp3) is 0.188. The van der Waals surface area contributed by atoms with Gasteiger partial charge in [-0.3, -0.25) is 0 Å². The van der Waals surface area contributed by atoms with Crippen LogP contribution in [0.2, 0.25) is 0 Å². The van der Waals surface area contributed by atoms with Crippen LogP contribution in [0.15, 0.2) is 60.7 Å². The maximum absolute atomic E-state index is 4.14. The molecule has 0 aliphatic carbocycles. The fourth-order valence-corrected chi connectivity index (χ4v) is 2.89. The Morgan fingerprint density at radius 1 is 0.905 bits per heavy atom. The van der Waals surface area contributed by atoms with Gasteiger partial charge in [0, 0.05) is 0 Å². The molecule has 0 radical (unpaired) electrons. The van der Waals surface area contributed by atoms with E-state index in [1.54, 1.807) is 0 Å². The largest absolute Gasteiger partial charge is 0.346 e. The van der Waals surface area contributed by atoms with Crippen molar-refractivity contribution in [2.75, 3.05) is 5.32 Å². The quantitative estimate of drug-likeness (QED) is 0.782.